The Labute approximate surface area is 123 Å². The van der Waals surface area contributed by atoms with Gasteiger partial charge in [0, 0.05) is 17.6 Å². The van der Waals surface area contributed by atoms with E-state index in [1.165, 1.54) is 0 Å². The van der Waals surface area contributed by atoms with E-state index < -0.39 is 5.54 Å². The molecule has 0 bridgehead atoms. The van der Waals surface area contributed by atoms with Crippen molar-refractivity contribution >= 4 is 21.8 Å². The van der Waals surface area contributed by atoms with Gasteiger partial charge in [0.05, 0.1) is 0 Å². The van der Waals surface area contributed by atoms with Crippen molar-refractivity contribution in [2.75, 3.05) is 26.7 Å². The van der Waals surface area contributed by atoms with Gasteiger partial charge >= 0.3 is 0 Å². The van der Waals surface area contributed by atoms with Crippen LogP contribution in [0.1, 0.15) is 19.4 Å². The lowest BCUT2D eigenvalue weighted by Crippen LogP contribution is -2.50. The topological polar surface area (TPSA) is 58.4 Å². The minimum Gasteiger partial charge on any atom is -0.353 e. The molecular weight excluding hydrogens is 306 g/mol. The van der Waals surface area contributed by atoms with Crippen LogP contribution in [-0.4, -0.2) is 37.5 Å². The Bertz CT molecular complexity index is 417. The SMILES string of the molecule is CCN(C)CCNC(=O)C(C)(N)c1ccc(Br)cc1. The molecule has 0 saturated heterocycles. The molecule has 0 aliphatic heterocycles. The van der Waals surface area contributed by atoms with Crippen molar-refractivity contribution in [2.24, 2.45) is 5.73 Å². The van der Waals surface area contributed by atoms with Gasteiger partial charge in [0.15, 0.2) is 0 Å². The molecule has 3 N–H and O–H groups in total. The number of carbonyl (C=O) groups is 1. The summed E-state index contributed by atoms with van der Waals surface area (Å²) in [4.78, 5) is 14.3. The fourth-order valence-corrected chi connectivity index (χ4v) is 1.89. The molecule has 0 spiro atoms. The highest BCUT2D eigenvalue weighted by molar-refractivity contribution is 9.10. The summed E-state index contributed by atoms with van der Waals surface area (Å²) in [6.07, 6.45) is 0. The molecule has 0 aliphatic rings. The quantitative estimate of drug-likeness (QED) is 0.836. The lowest BCUT2D eigenvalue weighted by Gasteiger charge is -2.25. The van der Waals surface area contributed by atoms with E-state index in [1.54, 1.807) is 6.92 Å². The third-order valence-electron chi connectivity index (χ3n) is 3.23. The number of hydrogen-bond donors (Lipinski definition) is 2. The Balaban J connectivity index is 2.61. The van der Waals surface area contributed by atoms with E-state index in [4.69, 9.17) is 5.73 Å². The van der Waals surface area contributed by atoms with Crippen LogP contribution in [0.5, 0.6) is 0 Å². The van der Waals surface area contributed by atoms with Crippen LogP contribution >= 0.6 is 15.9 Å². The minimum atomic E-state index is -1.01. The first-order valence-electron chi connectivity index (χ1n) is 6.39. The molecule has 19 heavy (non-hydrogen) atoms. The zero-order valence-corrected chi connectivity index (χ0v) is 13.3. The summed E-state index contributed by atoms with van der Waals surface area (Å²) < 4.78 is 0.969. The van der Waals surface area contributed by atoms with Gasteiger partial charge in [-0.2, -0.15) is 0 Å². The zero-order chi connectivity index (χ0) is 14.5. The molecular formula is C14H22BrN3O. The van der Waals surface area contributed by atoms with E-state index in [0.717, 1.165) is 23.1 Å². The van der Waals surface area contributed by atoms with Crippen molar-refractivity contribution < 1.29 is 4.79 Å². The predicted octanol–water partition coefficient (Wildman–Crippen LogP) is 1.69. The first-order chi connectivity index (χ1) is 8.87. The van der Waals surface area contributed by atoms with Gasteiger partial charge in [-0.3, -0.25) is 4.79 Å². The van der Waals surface area contributed by atoms with Crippen LogP contribution in [0.3, 0.4) is 0 Å². The van der Waals surface area contributed by atoms with Gasteiger partial charge in [-0.1, -0.05) is 35.0 Å². The van der Waals surface area contributed by atoms with Crippen LogP contribution in [-0.2, 0) is 10.3 Å². The third-order valence-corrected chi connectivity index (χ3v) is 3.76. The highest BCUT2D eigenvalue weighted by Gasteiger charge is 2.30. The summed E-state index contributed by atoms with van der Waals surface area (Å²) in [7, 11) is 2.02. The minimum absolute atomic E-state index is 0.153. The maximum atomic E-state index is 12.2. The molecule has 0 aliphatic carbocycles. The summed E-state index contributed by atoms with van der Waals surface area (Å²) in [6.45, 7) is 6.19. The summed E-state index contributed by atoms with van der Waals surface area (Å²) in [6, 6.07) is 7.50. The maximum Gasteiger partial charge on any atom is 0.244 e. The number of benzene rings is 1. The van der Waals surface area contributed by atoms with Crippen LogP contribution in [0, 0.1) is 0 Å². The van der Waals surface area contributed by atoms with Gasteiger partial charge in [0.25, 0.3) is 0 Å². The van der Waals surface area contributed by atoms with Gasteiger partial charge < -0.3 is 16.0 Å². The molecule has 106 valence electrons. The average Bonchev–Trinajstić information content (AvgIpc) is 2.38. The van der Waals surface area contributed by atoms with E-state index >= 15 is 0 Å². The van der Waals surface area contributed by atoms with Gasteiger partial charge in [0.1, 0.15) is 5.54 Å². The van der Waals surface area contributed by atoms with Crippen molar-refractivity contribution in [2.45, 2.75) is 19.4 Å². The Morgan fingerprint density at radius 3 is 2.53 bits per heavy atom. The lowest BCUT2D eigenvalue weighted by atomic mass is 9.92. The first-order valence-corrected chi connectivity index (χ1v) is 7.19. The Morgan fingerprint density at radius 1 is 1.42 bits per heavy atom. The van der Waals surface area contributed by atoms with Crippen LogP contribution in [0.25, 0.3) is 0 Å². The van der Waals surface area contributed by atoms with E-state index in [1.807, 2.05) is 31.3 Å². The van der Waals surface area contributed by atoms with Gasteiger partial charge in [0.2, 0.25) is 5.91 Å². The van der Waals surface area contributed by atoms with E-state index in [9.17, 15) is 4.79 Å². The highest BCUT2D eigenvalue weighted by atomic mass is 79.9. The lowest BCUT2D eigenvalue weighted by molar-refractivity contribution is -0.126. The molecule has 1 amide bonds. The van der Waals surface area contributed by atoms with Crippen molar-refractivity contribution in [3.05, 3.63) is 34.3 Å². The number of carbonyl (C=O) groups excluding carboxylic acids is 1. The van der Waals surface area contributed by atoms with Crippen molar-refractivity contribution in [3.8, 4) is 0 Å². The van der Waals surface area contributed by atoms with Gasteiger partial charge in [-0.15, -0.1) is 0 Å². The third kappa shape index (κ3) is 4.60. The summed E-state index contributed by atoms with van der Waals surface area (Å²) >= 11 is 3.37. The van der Waals surface area contributed by atoms with Crippen LogP contribution < -0.4 is 11.1 Å². The number of amides is 1. The largest absolute Gasteiger partial charge is 0.353 e. The van der Waals surface area contributed by atoms with Crippen molar-refractivity contribution in [1.29, 1.82) is 0 Å². The molecule has 5 heteroatoms. The second kappa shape index (κ2) is 7.03. The Hall–Kier alpha value is -0.910. The first kappa shape index (κ1) is 16.1. The van der Waals surface area contributed by atoms with Crippen LogP contribution in [0.15, 0.2) is 28.7 Å². The maximum absolute atomic E-state index is 12.2. The fraction of sp³-hybridized carbons (Fsp3) is 0.500. The summed E-state index contributed by atoms with van der Waals surface area (Å²) in [5, 5.41) is 2.88. The van der Waals surface area contributed by atoms with Gasteiger partial charge in [-0.25, -0.2) is 0 Å². The standard InChI is InChI=1S/C14H22BrN3O/c1-4-18(3)10-9-17-13(19)14(2,16)11-5-7-12(15)8-6-11/h5-8H,4,9-10,16H2,1-3H3,(H,17,19). The number of halogens is 1. The monoisotopic (exact) mass is 327 g/mol. The fourth-order valence-electron chi connectivity index (χ4n) is 1.63. The predicted molar refractivity (Wildman–Crippen MR) is 81.9 cm³/mol. The number of likely N-dealkylation sites (N-methyl/N-ethyl adjacent to an activating group) is 1. The second-order valence-corrected chi connectivity index (χ2v) is 5.78. The number of hydrogen-bond acceptors (Lipinski definition) is 3. The van der Waals surface area contributed by atoms with E-state index in [0.29, 0.717) is 6.54 Å². The van der Waals surface area contributed by atoms with Crippen LogP contribution in [0.2, 0.25) is 0 Å². The number of nitrogens with two attached hydrogens (primary N) is 1. The van der Waals surface area contributed by atoms with E-state index in [2.05, 4.69) is 33.1 Å². The number of rotatable bonds is 6. The smallest absolute Gasteiger partial charge is 0.244 e. The molecule has 1 rings (SSSR count). The molecule has 4 nitrogen and oxygen atoms in total. The molecule has 0 aromatic heterocycles. The molecule has 0 radical (unpaired) electrons. The zero-order valence-electron chi connectivity index (χ0n) is 11.7. The average molecular weight is 328 g/mol. The Morgan fingerprint density at radius 2 is 2.00 bits per heavy atom. The normalized spacial score (nSPS) is 14.2. The molecule has 1 unspecified atom stereocenters. The highest BCUT2D eigenvalue weighted by Crippen LogP contribution is 2.20. The van der Waals surface area contributed by atoms with E-state index in [-0.39, 0.29) is 5.91 Å². The van der Waals surface area contributed by atoms with Crippen LogP contribution in [0.4, 0.5) is 0 Å². The molecule has 1 aromatic rings. The summed E-state index contributed by atoms with van der Waals surface area (Å²) in [5.74, 6) is -0.153. The van der Waals surface area contributed by atoms with Crippen molar-refractivity contribution in [1.82, 2.24) is 10.2 Å². The number of nitrogens with zero attached hydrogens (tertiary/aromatic N) is 1. The Kier molecular flexibility index (Phi) is 5.97. The molecule has 0 fully saturated rings. The second-order valence-electron chi connectivity index (χ2n) is 4.86. The molecule has 0 heterocycles. The van der Waals surface area contributed by atoms with Gasteiger partial charge in [-0.05, 0) is 38.2 Å². The number of nitrogens with one attached hydrogen (secondary N) is 1. The molecule has 1 aromatic carbocycles. The van der Waals surface area contributed by atoms with Crippen molar-refractivity contribution in [3.63, 3.8) is 0 Å². The molecule has 1 atom stereocenters. The summed E-state index contributed by atoms with van der Waals surface area (Å²) in [5.41, 5.74) is 5.93. The molecule has 0 saturated carbocycles.